The predicted molar refractivity (Wildman–Crippen MR) is 144 cm³/mol. The second kappa shape index (κ2) is 10.6. The maximum atomic E-state index is 13.4. The molecular formula is C27H28ClF3N4O3S. The molecule has 3 aromatic rings. The molecule has 2 aliphatic heterocycles. The summed E-state index contributed by atoms with van der Waals surface area (Å²) in [6.07, 6.45) is -4.29. The van der Waals surface area contributed by atoms with Crippen molar-refractivity contribution in [2.24, 2.45) is 0 Å². The number of aliphatic hydroxyl groups is 1. The fourth-order valence-electron chi connectivity index (χ4n) is 5.36. The van der Waals surface area contributed by atoms with E-state index in [9.17, 15) is 22.5 Å². The van der Waals surface area contributed by atoms with E-state index in [1.54, 1.807) is 0 Å². The molecule has 7 nitrogen and oxygen atoms in total. The summed E-state index contributed by atoms with van der Waals surface area (Å²) in [6.45, 7) is 0.795. The lowest BCUT2D eigenvalue weighted by molar-refractivity contribution is -0.274. The van der Waals surface area contributed by atoms with Gasteiger partial charge in [0.25, 0.3) is 0 Å². The average Bonchev–Trinajstić information content (AvgIpc) is 3.02. The number of hydrogen-bond donors (Lipinski definition) is 3. The van der Waals surface area contributed by atoms with Gasteiger partial charge in [-0.05, 0) is 73.5 Å². The van der Waals surface area contributed by atoms with Crippen molar-refractivity contribution >= 4 is 32.9 Å². The molecule has 0 aromatic heterocycles. The minimum Gasteiger partial charge on any atom is -0.406 e. The number of likely N-dealkylation sites (tertiary alicyclic amines) is 1. The van der Waals surface area contributed by atoms with Gasteiger partial charge in [-0.25, -0.2) is 13.7 Å². The largest absolute Gasteiger partial charge is 0.573 e. The van der Waals surface area contributed by atoms with Crippen LogP contribution in [0.1, 0.15) is 11.1 Å². The molecule has 12 heteroatoms. The Bertz CT molecular complexity index is 1450. The van der Waals surface area contributed by atoms with E-state index in [1.165, 1.54) is 0 Å². The van der Waals surface area contributed by atoms with E-state index in [1.807, 2.05) is 48.3 Å². The molecule has 0 amide bonds. The van der Waals surface area contributed by atoms with Gasteiger partial charge in [0.2, 0.25) is 0 Å². The van der Waals surface area contributed by atoms with Gasteiger partial charge in [0.05, 0.1) is 23.1 Å². The number of anilines is 2. The van der Waals surface area contributed by atoms with Crippen molar-refractivity contribution in [1.29, 1.82) is 4.78 Å². The van der Waals surface area contributed by atoms with E-state index in [2.05, 4.69) is 20.4 Å². The van der Waals surface area contributed by atoms with Crippen LogP contribution in [0.25, 0.3) is 0 Å². The third kappa shape index (κ3) is 6.02. The molecule has 4 unspecified atom stereocenters. The Morgan fingerprint density at radius 2 is 1.69 bits per heavy atom. The van der Waals surface area contributed by atoms with E-state index in [0.29, 0.717) is 18.1 Å². The highest BCUT2D eigenvalue weighted by Crippen LogP contribution is 2.40. The first-order valence-corrected chi connectivity index (χ1v) is 14.3. The first-order valence-electron chi connectivity index (χ1n) is 12.4. The van der Waals surface area contributed by atoms with Gasteiger partial charge in [-0.2, -0.15) is 0 Å². The van der Waals surface area contributed by atoms with Crippen molar-refractivity contribution in [1.82, 2.24) is 9.62 Å². The van der Waals surface area contributed by atoms with Crippen LogP contribution < -0.4 is 14.4 Å². The molecule has 3 aromatic carbocycles. The normalized spacial score (nSPS) is 23.3. The molecule has 2 aliphatic rings. The number of alkyl halides is 3. The van der Waals surface area contributed by atoms with Gasteiger partial charge < -0.3 is 19.6 Å². The van der Waals surface area contributed by atoms with E-state index < -0.39 is 40.2 Å². The average molecular weight is 581 g/mol. The van der Waals surface area contributed by atoms with Gasteiger partial charge in [0.15, 0.2) is 0 Å². The Labute approximate surface area is 230 Å². The van der Waals surface area contributed by atoms with E-state index >= 15 is 0 Å². The molecule has 0 bridgehead atoms. The summed E-state index contributed by atoms with van der Waals surface area (Å²) in [5.74, 6) is -0.476. The molecule has 5 rings (SSSR count). The van der Waals surface area contributed by atoms with Gasteiger partial charge in [-0.1, -0.05) is 35.9 Å². The monoisotopic (exact) mass is 580 g/mol. The lowest BCUT2D eigenvalue weighted by Crippen LogP contribution is -2.64. The summed E-state index contributed by atoms with van der Waals surface area (Å²) in [4.78, 5) is 4.06. The number of fused-ring (bicyclic) bond motifs is 2. The molecule has 1 fully saturated rings. The Morgan fingerprint density at radius 3 is 2.38 bits per heavy atom. The molecular weight excluding hydrogens is 553 g/mol. The summed E-state index contributed by atoms with van der Waals surface area (Å²) >= 11 is 6.41. The van der Waals surface area contributed by atoms with Crippen molar-refractivity contribution in [3.05, 3.63) is 82.9 Å². The van der Waals surface area contributed by atoms with Crippen LogP contribution >= 0.6 is 11.6 Å². The summed E-state index contributed by atoms with van der Waals surface area (Å²) < 4.78 is 66.1. The lowest BCUT2D eigenvalue weighted by Gasteiger charge is -2.46. The van der Waals surface area contributed by atoms with E-state index in [0.717, 1.165) is 59.6 Å². The zero-order valence-electron chi connectivity index (χ0n) is 21.0. The number of benzene rings is 3. The zero-order valence-corrected chi connectivity index (χ0v) is 22.6. The number of aliphatic hydroxyl groups excluding tert-OH is 1. The van der Waals surface area contributed by atoms with Crippen LogP contribution in [-0.2, 0) is 22.8 Å². The number of hydrogen-bond acceptors (Lipinski definition) is 6. The van der Waals surface area contributed by atoms with Crippen molar-refractivity contribution < 1.29 is 27.2 Å². The number of rotatable bonds is 5. The SMILES string of the molecule is CN1CC(NS(=N)(=O)c2ccc(OC(F)(F)F)cc2)C(O)C(N2c3ccccc3CCc3ccc(Cl)cc32)C1. The van der Waals surface area contributed by atoms with Crippen LogP contribution in [0.2, 0.25) is 5.02 Å². The smallest absolute Gasteiger partial charge is 0.406 e. The Hall–Kier alpha value is -2.83. The third-order valence-electron chi connectivity index (χ3n) is 7.07. The third-order valence-corrected chi connectivity index (χ3v) is 8.88. The van der Waals surface area contributed by atoms with Crippen LogP contribution in [-0.4, -0.2) is 58.9 Å². The number of nitrogens with one attached hydrogen (secondary N) is 2. The predicted octanol–water partition coefficient (Wildman–Crippen LogP) is 5.13. The topological polar surface area (TPSA) is 88.9 Å². The molecule has 39 heavy (non-hydrogen) atoms. The van der Waals surface area contributed by atoms with Gasteiger partial charge in [-0.3, -0.25) is 0 Å². The summed E-state index contributed by atoms with van der Waals surface area (Å²) in [6, 6.07) is 16.8. The Kier molecular flexibility index (Phi) is 7.55. The minimum absolute atomic E-state index is 0.0220. The standard InChI is InChI=1S/C27H28ClF3N4O3S/c1-34-15-22(33-39(32,37)21-12-10-20(11-13-21)38-27(29,30)31)26(36)25(16-34)35-23-5-3-2-4-17(23)6-7-18-8-9-19(28)14-24(18)35/h2-5,8-14,22,25-26,36H,6-7,15-16H2,1H3,(H2,32,33,37). The fourth-order valence-corrected chi connectivity index (χ4v) is 6.82. The quantitative estimate of drug-likeness (QED) is 0.389. The van der Waals surface area contributed by atoms with Crippen molar-refractivity contribution in [2.75, 3.05) is 25.0 Å². The Morgan fingerprint density at radius 1 is 1.03 bits per heavy atom. The first kappa shape index (κ1) is 27.7. The highest BCUT2D eigenvalue weighted by atomic mass is 35.5. The molecule has 208 valence electrons. The number of para-hydroxylation sites is 1. The molecule has 4 atom stereocenters. The maximum Gasteiger partial charge on any atom is 0.573 e. The summed E-state index contributed by atoms with van der Waals surface area (Å²) in [5.41, 5.74) is 4.05. The van der Waals surface area contributed by atoms with E-state index in [-0.39, 0.29) is 4.90 Å². The molecule has 0 spiro atoms. The van der Waals surface area contributed by atoms with Crippen LogP contribution in [0.15, 0.2) is 71.6 Å². The summed E-state index contributed by atoms with van der Waals surface area (Å²) in [5, 5.41) is 12.2. The molecule has 2 heterocycles. The number of ether oxygens (including phenoxy) is 1. The highest BCUT2D eigenvalue weighted by Gasteiger charge is 2.41. The molecule has 0 radical (unpaired) electrons. The highest BCUT2D eigenvalue weighted by molar-refractivity contribution is 7.90. The van der Waals surface area contributed by atoms with Crippen molar-refractivity contribution in [2.45, 2.75) is 42.3 Å². The second-order valence-corrected chi connectivity index (χ2v) is 12.1. The maximum absolute atomic E-state index is 13.4. The van der Waals surface area contributed by atoms with Crippen LogP contribution in [0.3, 0.4) is 0 Å². The van der Waals surface area contributed by atoms with Gasteiger partial charge in [0, 0.05) is 29.5 Å². The number of nitrogens with zero attached hydrogens (tertiary/aromatic N) is 2. The molecule has 1 saturated heterocycles. The van der Waals surface area contributed by atoms with Gasteiger partial charge >= 0.3 is 6.36 Å². The fraction of sp³-hybridized carbons (Fsp3) is 0.333. The minimum atomic E-state index is -4.86. The molecule has 3 N–H and O–H groups in total. The van der Waals surface area contributed by atoms with Gasteiger partial charge in [0.1, 0.15) is 15.7 Å². The van der Waals surface area contributed by atoms with Crippen LogP contribution in [0.4, 0.5) is 24.5 Å². The molecule has 0 saturated carbocycles. The lowest BCUT2D eigenvalue weighted by atomic mass is 9.95. The summed E-state index contributed by atoms with van der Waals surface area (Å²) in [7, 11) is -1.80. The zero-order chi connectivity index (χ0) is 27.9. The van der Waals surface area contributed by atoms with E-state index in [4.69, 9.17) is 16.4 Å². The number of piperidine rings is 1. The van der Waals surface area contributed by atoms with Gasteiger partial charge in [-0.15, -0.1) is 13.2 Å². The van der Waals surface area contributed by atoms with Crippen LogP contribution in [0, 0.1) is 4.78 Å². The number of likely N-dealkylation sites (N-methyl/N-ethyl adjacent to an activating group) is 1. The number of halogens is 4. The Balaban J connectivity index is 1.46. The second-order valence-electron chi connectivity index (χ2n) is 9.85. The number of aryl methyl sites for hydroxylation is 2. The molecule has 0 aliphatic carbocycles. The van der Waals surface area contributed by atoms with Crippen LogP contribution in [0.5, 0.6) is 5.75 Å². The first-order chi connectivity index (χ1) is 18.4. The van der Waals surface area contributed by atoms with Crippen molar-refractivity contribution in [3.8, 4) is 5.75 Å². The van der Waals surface area contributed by atoms with Crippen molar-refractivity contribution in [3.63, 3.8) is 0 Å².